The van der Waals surface area contributed by atoms with Gasteiger partial charge < -0.3 is 21.3 Å². The summed E-state index contributed by atoms with van der Waals surface area (Å²) < 4.78 is 0. The van der Waals surface area contributed by atoms with Gasteiger partial charge in [0.05, 0.1) is 5.54 Å². The summed E-state index contributed by atoms with van der Waals surface area (Å²) in [5, 5.41) is 19.8. The number of aliphatic hydroxyl groups excluding tert-OH is 1. The van der Waals surface area contributed by atoms with Crippen LogP contribution in [0.5, 0.6) is 0 Å². The third-order valence-corrected chi connectivity index (χ3v) is 2.94. The van der Waals surface area contributed by atoms with Crippen molar-refractivity contribution in [2.45, 2.75) is 37.8 Å². The second kappa shape index (κ2) is 4.80. The van der Waals surface area contributed by atoms with E-state index in [9.17, 15) is 9.59 Å². The molecule has 16 heavy (non-hydrogen) atoms. The van der Waals surface area contributed by atoms with Crippen LogP contribution in [0.4, 0.5) is 0 Å². The van der Waals surface area contributed by atoms with Crippen LogP contribution in [0.3, 0.4) is 0 Å². The fourth-order valence-corrected chi connectivity index (χ4v) is 1.57. The number of aliphatic hydroxyl groups is 1. The van der Waals surface area contributed by atoms with Crippen LogP contribution in [0.1, 0.15) is 26.2 Å². The average molecular weight is 230 g/mol. The van der Waals surface area contributed by atoms with Gasteiger partial charge in [-0.3, -0.25) is 4.79 Å². The minimum Gasteiger partial charge on any atom is -0.480 e. The maximum atomic E-state index is 11.8. The molecular weight excluding hydrogens is 212 g/mol. The standard InChI is InChI=1S/C10H18N2O4/c1-10(11,6-2-3-6)9(16)12-7(4-5-13)8(14)15/h6-7,13H,2-5,11H2,1H3,(H,12,16)(H,14,15)/t7-,10?/m1/s1. The molecule has 1 rings (SSSR count). The second-order valence-corrected chi connectivity index (χ2v) is 4.43. The van der Waals surface area contributed by atoms with Crippen molar-refractivity contribution < 1.29 is 19.8 Å². The van der Waals surface area contributed by atoms with Crippen molar-refractivity contribution in [1.29, 1.82) is 0 Å². The molecule has 6 nitrogen and oxygen atoms in total. The first-order valence-corrected chi connectivity index (χ1v) is 5.33. The lowest BCUT2D eigenvalue weighted by molar-refractivity contribution is -0.143. The van der Waals surface area contributed by atoms with Crippen molar-refractivity contribution in [2.24, 2.45) is 11.7 Å². The number of hydrogen-bond acceptors (Lipinski definition) is 4. The van der Waals surface area contributed by atoms with Gasteiger partial charge in [-0.05, 0) is 25.7 Å². The molecule has 0 spiro atoms. The number of hydrogen-bond donors (Lipinski definition) is 4. The second-order valence-electron chi connectivity index (χ2n) is 4.43. The lowest BCUT2D eigenvalue weighted by Crippen LogP contribution is -2.57. The van der Waals surface area contributed by atoms with E-state index in [1.54, 1.807) is 6.92 Å². The molecule has 0 aliphatic heterocycles. The number of carbonyl (C=O) groups excluding carboxylic acids is 1. The summed E-state index contributed by atoms with van der Waals surface area (Å²) in [4.78, 5) is 22.5. The van der Waals surface area contributed by atoms with E-state index in [-0.39, 0.29) is 18.9 Å². The molecular formula is C10H18N2O4. The summed E-state index contributed by atoms with van der Waals surface area (Å²) >= 11 is 0. The molecule has 92 valence electrons. The van der Waals surface area contributed by atoms with Crippen LogP contribution in [0, 0.1) is 5.92 Å². The predicted octanol–water partition coefficient (Wildman–Crippen LogP) is -0.934. The van der Waals surface area contributed by atoms with E-state index >= 15 is 0 Å². The Labute approximate surface area is 93.8 Å². The van der Waals surface area contributed by atoms with Crippen molar-refractivity contribution in [3.8, 4) is 0 Å². The molecule has 2 atom stereocenters. The number of amides is 1. The van der Waals surface area contributed by atoms with E-state index in [0.717, 1.165) is 12.8 Å². The van der Waals surface area contributed by atoms with Crippen molar-refractivity contribution in [3.05, 3.63) is 0 Å². The van der Waals surface area contributed by atoms with E-state index < -0.39 is 23.5 Å². The zero-order valence-electron chi connectivity index (χ0n) is 9.27. The fraction of sp³-hybridized carbons (Fsp3) is 0.800. The zero-order valence-corrected chi connectivity index (χ0v) is 9.27. The van der Waals surface area contributed by atoms with Crippen LogP contribution in [-0.4, -0.2) is 40.3 Å². The third kappa shape index (κ3) is 2.93. The smallest absolute Gasteiger partial charge is 0.326 e. The molecule has 1 unspecified atom stereocenters. The number of carboxylic acid groups (broad SMARTS) is 1. The summed E-state index contributed by atoms with van der Waals surface area (Å²) in [7, 11) is 0. The minimum atomic E-state index is -1.16. The Morgan fingerprint density at radius 3 is 2.50 bits per heavy atom. The third-order valence-electron chi connectivity index (χ3n) is 2.94. The van der Waals surface area contributed by atoms with Crippen LogP contribution in [-0.2, 0) is 9.59 Å². The molecule has 6 heteroatoms. The van der Waals surface area contributed by atoms with Gasteiger partial charge in [0.15, 0.2) is 0 Å². The number of carbonyl (C=O) groups is 2. The molecule has 0 aromatic heterocycles. The maximum absolute atomic E-state index is 11.8. The molecule has 5 N–H and O–H groups in total. The van der Waals surface area contributed by atoms with Crippen LogP contribution in [0.2, 0.25) is 0 Å². The highest BCUT2D eigenvalue weighted by Gasteiger charge is 2.44. The van der Waals surface area contributed by atoms with Crippen LogP contribution in [0.25, 0.3) is 0 Å². The lowest BCUT2D eigenvalue weighted by Gasteiger charge is -2.25. The van der Waals surface area contributed by atoms with Gasteiger partial charge in [0.2, 0.25) is 5.91 Å². The Morgan fingerprint density at radius 1 is 1.56 bits per heavy atom. The summed E-state index contributed by atoms with van der Waals surface area (Å²) in [6, 6.07) is -1.07. The molecule has 1 aliphatic carbocycles. The molecule has 0 saturated heterocycles. The Morgan fingerprint density at radius 2 is 2.12 bits per heavy atom. The Hall–Kier alpha value is -1.14. The van der Waals surface area contributed by atoms with Gasteiger partial charge in [-0.2, -0.15) is 0 Å². The van der Waals surface area contributed by atoms with E-state index in [0.29, 0.717) is 0 Å². The number of nitrogens with two attached hydrogens (primary N) is 1. The molecule has 1 saturated carbocycles. The van der Waals surface area contributed by atoms with Crippen LogP contribution < -0.4 is 11.1 Å². The van der Waals surface area contributed by atoms with Crippen molar-refractivity contribution in [1.82, 2.24) is 5.32 Å². The Balaban J connectivity index is 2.56. The predicted molar refractivity (Wildman–Crippen MR) is 56.6 cm³/mol. The first-order chi connectivity index (χ1) is 7.39. The summed E-state index contributed by atoms with van der Waals surface area (Å²) in [6.07, 6.45) is 1.79. The normalized spacial score (nSPS) is 20.9. The lowest BCUT2D eigenvalue weighted by atomic mass is 9.95. The van der Waals surface area contributed by atoms with Gasteiger partial charge in [-0.25, -0.2) is 4.79 Å². The fourth-order valence-electron chi connectivity index (χ4n) is 1.57. The number of carboxylic acids is 1. The Kier molecular flexibility index (Phi) is 3.88. The molecule has 1 fully saturated rings. The topological polar surface area (TPSA) is 113 Å². The van der Waals surface area contributed by atoms with E-state index in [1.807, 2.05) is 0 Å². The monoisotopic (exact) mass is 230 g/mol. The largest absolute Gasteiger partial charge is 0.480 e. The van der Waals surface area contributed by atoms with Crippen LogP contribution in [0.15, 0.2) is 0 Å². The van der Waals surface area contributed by atoms with Gasteiger partial charge in [-0.15, -0.1) is 0 Å². The average Bonchev–Trinajstić information content (AvgIpc) is 2.99. The molecule has 0 aromatic carbocycles. The molecule has 0 heterocycles. The van der Waals surface area contributed by atoms with Gasteiger partial charge in [-0.1, -0.05) is 0 Å². The van der Waals surface area contributed by atoms with Gasteiger partial charge in [0.25, 0.3) is 0 Å². The minimum absolute atomic E-state index is 0.0121. The van der Waals surface area contributed by atoms with Crippen LogP contribution >= 0.6 is 0 Å². The summed E-state index contributed by atoms with van der Waals surface area (Å²) in [5.41, 5.74) is 4.83. The van der Waals surface area contributed by atoms with Crippen molar-refractivity contribution in [2.75, 3.05) is 6.61 Å². The molecule has 1 aliphatic rings. The van der Waals surface area contributed by atoms with Gasteiger partial charge in [0, 0.05) is 13.0 Å². The SMILES string of the molecule is CC(N)(C(=O)N[C@H](CCO)C(=O)O)C1CC1. The van der Waals surface area contributed by atoms with Crippen molar-refractivity contribution in [3.63, 3.8) is 0 Å². The van der Waals surface area contributed by atoms with E-state index in [4.69, 9.17) is 15.9 Å². The van der Waals surface area contributed by atoms with E-state index in [2.05, 4.69) is 5.32 Å². The number of aliphatic carboxylic acids is 1. The van der Waals surface area contributed by atoms with Gasteiger partial charge >= 0.3 is 5.97 Å². The quantitative estimate of drug-likeness (QED) is 0.470. The number of rotatable bonds is 6. The molecule has 0 aromatic rings. The summed E-state index contributed by atoms with van der Waals surface area (Å²) in [5.74, 6) is -1.49. The first kappa shape index (κ1) is 12.9. The number of nitrogens with one attached hydrogen (secondary N) is 1. The summed E-state index contributed by atoms with van der Waals surface area (Å²) in [6.45, 7) is 1.32. The Bertz CT molecular complexity index is 287. The van der Waals surface area contributed by atoms with Gasteiger partial charge in [0.1, 0.15) is 6.04 Å². The molecule has 0 radical (unpaired) electrons. The molecule has 1 amide bonds. The highest BCUT2D eigenvalue weighted by atomic mass is 16.4. The highest BCUT2D eigenvalue weighted by molar-refractivity contribution is 5.90. The first-order valence-electron chi connectivity index (χ1n) is 5.33. The maximum Gasteiger partial charge on any atom is 0.326 e. The van der Waals surface area contributed by atoms with Crippen molar-refractivity contribution >= 4 is 11.9 Å². The van der Waals surface area contributed by atoms with E-state index in [1.165, 1.54) is 0 Å². The molecule has 0 bridgehead atoms. The zero-order chi connectivity index (χ0) is 12.3. The highest BCUT2D eigenvalue weighted by Crippen LogP contribution is 2.38.